The summed E-state index contributed by atoms with van der Waals surface area (Å²) in [4.78, 5) is 51.7. The molecule has 1 aliphatic heterocycles. The van der Waals surface area contributed by atoms with Crippen molar-refractivity contribution in [1.82, 2.24) is 14.8 Å². The fraction of sp³-hybridized carbons (Fsp3) is 0.182. The third kappa shape index (κ3) is 4.66. The Morgan fingerprint density at radius 3 is 2.62 bits per heavy atom. The van der Waals surface area contributed by atoms with Gasteiger partial charge in [-0.2, -0.15) is 0 Å². The third-order valence-electron chi connectivity index (χ3n) is 4.82. The van der Waals surface area contributed by atoms with Crippen LogP contribution in [0.2, 0.25) is 0 Å². The standard InChI is InChI=1S/C22H19N3O5S2/c1-31-15-8-6-14(7-9-15)12-18-20(27)24(22(29)32-18)11-10-23-19(26)13-25-16-4-2-3-5-17(16)30-21(25)28/h2-9,12H,10-11,13H2,1H3,(H,23,26)/b18-12-. The molecule has 3 aromatic rings. The summed E-state index contributed by atoms with van der Waals surface area (Å²) in [5.74, 6) is -1.43. The van der Waals surface area contributed by atoms with E-state index < -0.39 is 11.7 Å². The van der Waals surface area contributed by atoms with Gasteiger partial charge < -0.3 is 9.73 Å². The Hall–Kier alpha value is -3.24. The molecule has 1 aromatic heterocycles. The van der Waals surface area contributed by atoms with Crippen LogP contribution in [0.4, 0.5) is 4.79 Å². The number of oxazole rings is 1. The first kappa shape index (κ1) is 22.0. The van der Waals surface area contributed by atoms with Crippen LogP contribution in [0.5, 0.6) is 0 Å². The largest absolute Gasteiger partial charge is 0.420 e. The second-order valence-corrected chi connectivity index (χ2v) is 8.75. The molecule has 3 amide bonds. The van der Waals surface area contributed by atoms with Gasteiger partial charge in [0.25, 0.3) is 11.1 Å². The third-order valence-corrected chi connectivity index (χ3v) is 6.47. The molecule has 0 bridgehead atoms. The molecule has 0 unspecified atom stereocenters. The van der Waals surface area contributed by atoms with E-state index in [1.165, 1.54) is 4.57 Å². The number of rotatable bonds is 7. The SMILES string of the molecule is CSc1ccc(/C=C2\SC(=O)N(CCNC(=O)Cn3c(=O)oc4ccccc43)C2=O)cc1. The van der Waals surface area contributed by atoms with Gasteiger partial charge in [0, 0.05) is 18.0 Å². The topological polar surface area (TPSA) is 102 Å². The fourth-order valence-electron chi connectivity index (χ4n) is 3.21. The lowest BCUT2D eigenvalue weighted by Crippen LogP contribution is -2.39. The fourth-order valence-corrected chi connectivity index (χ4v) is 4.49. The monoisotopic (exact) mass is 469 g/mol. The minimum absolute atomic E-state index is 0.0419. The van der Waals surface area contributed by atoms with Crippen molar-refractivity contribution >= 4 is 57.8 Å². The molecule has 1 N–H and O–H groups in total. The van der Waals surface area contributed by atoms with Gasteiger partial charge in [0.2, 0.25) is 5.91 Å². The number of thioether (sulfide) groups is 2. The van der Waals surface area contributed by atoms with E-state index in [0.29, 0.717) is 16.0 Å². The minimum Gasteiger partial charge on any atom is -0.408 e. The van der Waals surface area contributed by atoms with Crippen molar-refractivity contribution in [2.45, 2.75) is 11.4 Å². The van der Waals surface area contributed by atoms with Gasteiger partial charge in [-0.05, 0) is 53.9 Å². The lowest BCUT2D eigenvalue weighted by Gasteiger charge is -2.13. The molecule has 4 rings (SSSR count). The van der Waals surface area contributed by atoms with E-state index in [9.17, 15) is 19.2 Å². The quantitative estimate of drug-likeness (QED) is 0.419. The molecule has 2 aromatic carbocycles. The average molecular weight is 470 g/mol. The number of nitrogens with one attached hydrogen (secondary N) is 1. The van der Waals surface area contributed by atoms with Crippen molar-refractivity contribution in [1.29, 1.82) is 0 Å². The zero-order valence-electron chi connectivity index (χ0n) is 17.1. The molecule has 1 aliphatic rings. The first-order valence-corrected chi connectivity index (χ1v) is 11.7. The van der Waals surface area contributed by atoms with Gasteiger partial charge in [-0.25, -0.2) is 4.79 Å². The molecule has 1 fully saturated rings. The van der Waals surface area contributed by atoms with Crippen LogP contribution in [-0.2, 0) is 16.1 Å². The highest BCUT2D eigenvalue weighted by molar-refractivity contribution is 8.18. The van der Waals surface area contributed by atoms with Gasteiger partial charge >= 0.3 is 5.76 Å². The Morgan fingerprint density at radius 2 is 1.88 bits per heavy atom. The highest BCUT2D eigenvalue weighted by Gasteiger charge is 2.34. The Balaban J connectivity index is 1.34. The lowest BCUT2D eigenvalue weighted by atomic mass is 10.2. The second-order valence-electron chi connectivity index (χ2n) is 6.88. The average Bonchev–Trinajstić information content (AvgIpc) is 3.24. The van der Waals surface area contributed by atoms with Crippen molar-refractivity contribution in [3.8, 4) is 0 Å². The Labute approximate surface area is 191 Å². The predicted octanol–water partition coefficient (Wildman–Crippen LogP) is 3.17. The summed E-state index contributed by atoms with van der Waals surface area (Å²) in [5, 5.41) is 2.26. The van der Waals surface area contributed by atoms with E-state index in [2.05, 4.69) is 5.32 Å². The van der Waals surface area contributed by atoms with Crippen molar-refractivity contribution in [2.75, 3.05) is 19.3 Å². The van der Waals surface area contributed by atoms with Crippen molar-refractivity contribution < 1.29 is 18.8 Å². The number of carbonyl (C=O) groups is 3. The number of fused-ring (bicyclic) bond motifs is 1. The van der Waals surface area contributed by atoms with Crippen molar-refractivity contribution in [3.63, 3.8) is 0 Å². The maximum Gasteiger partial charge on any atom is 0.420 e. The van der Waals surface area contributed by atoms with Crippen LogP contribution >= 0.6 is 23.5 Å². The molecular formula is C22H19N3O5S2. The normalized spacial score (nSPS) is 15.2. The molecule has 0 radical (unpaired) electrons. The van der Waals surface area contributed by atoms with E-state index in [1.54, 1.807) is 42.1 Å². The molecule has 0 aliphatic carbocycles. The summed E-state index contributed by atoms with van der Waals surface area (Å²) in [6.45, 7) is -0.0962. The zero-order valence-corrected chi connectivity index (χ0v) is 18.7. The van der Waals surface area contributed by atoms with Crippen molar-refractivity contribution in [2.24, 2.45) is 0 Å². The summed E-state index contributed by atoms with van der Waals surface area (Å²) in [5.41, 5.74) is 1.76. The van der Waals surface area contributed by atoms with E-state index in [0.717, 1.165) is 27.1 Å². The van der Waals surface area contributed by atoms with E-state index >= 15 is 0 Å². The number of hydrogen-bond donors (Lipinski definition) is 1. The maximum absolute atomic E-state index is 12.6. The number of imide groups is 1. The van der Waals surface area contributed by atoms with Gasteiger partial charge in [0.05, 0.1) is 10.4 Å². The smallest absolute Gasteiger partial charge is 0.408 e. The van der Waals surface area contributed by atoms with Crippen LogP contribution in [0.15, 0.2) is 67.5 Å². The first-order chi connectivity index (χ1) is 15.5. The summed E-state index contributed by atoms with van der Waals surface area (Å²) < 4.78 is 6.34. The molecule has 32 heavy (non-hydrogen) atoms. The van der Waals surface area contributed by atoms with Gasteiger partial charge in [-0.3, -0.25) is 23.9 Å². The number of carbonyl (C=O) groups excluding carboxylic acids is 3. The summed E-state index contributed by atoms with van der Waals surface area (Å²) >= 11 is 2.50. The van der Waals surface area contributed by atoms with Crippen LogP contribution < -0.4 is 11.1 Å². The molecule has 0 saturated carbocycles. The number of hydrogen-bond acceptors (Lipinski definition) is 7. The first-order valence-electron chi connectivity index (χ1n) is 9.71. The summed E-state index contributed by atoms with van der Waals surface area (Å²) in [6, 6.07) is 14.5. The lowest BCUT2D eigenvalue weighted by molar-refractivity contribution is -0.124. The molecule has 0 atom stereocenters. The summed E-state index contributed by atoms with van der Waals surface area (Å²) in [6.07, 6.45) is 3.67. The molecular weight excluding hydrogens is 450 g/mol. The Kier molecular flexibility index (Phi) is 6.52. The molecule has 1 saturated heterocycles. The van der Waals surface area contributed by atoms with E-state index in [4.69, 9.17) is 4.42 Å². The van der Waals surface area contributed by atoms with Crippen LogP contribution in [0.25, 0.3) is 17.2 Å². The number of amides is 3. The van der Waals surface area contributed by atoms with Gasteiger partial charge in [-0.15, -0.1) is 11.8 Å². The highest BCUT2D eigenvalue weighted by Crippen LogP contribution is 2.32. The van der Waals surface area contributed by atoms with Crippen molar-refractivity contribution in [3.05, 3.63) is 69.6 Å². The molecule has 164 valence electrons. The van der Waals surface area contributed by atoms with Crippen LogP contribution in [0.1, 0.15) is 5.56 Å². The summed E-state index contributed by atoms with van der Waals surface area (Å²) in [7, 11) is 0. The minimum atomic E-state index is -0.622. The number of para-hydroxylation sites is 2. The maximum atomic E-state index is 12.6. The number of nitrogens with zero attached hydrogens (tertiary/aromatic N) is 2. The van der Waals surface area contributed by atoms with Crippen LogP contribution in [-0.4, -0.2) is 45.9 Å². The van der Waals surface area contributed by atoms with Gasteiger partial charge in [0.1, 0.15) is 6.54 Å². The molecule has 8 nitrogen and oxygen atoms in total. The van der Waals surface area contributed by atoms with Gasteiger partial charge in [0.15, 0.2) is 5.58 Å². The van der Waals surface area contributed by atoms with Crippen LogP contribution in [0, 0.1) is 0 Å². The molecule has 0 spiro atoms. The Morgan fingerprint density at radius 1 is 1.12 bits per heavy atom. The highest BCUT2D eigenvalue weighted by atomic mass is 32.2. The number of benzene rings is 2. The van der Waals surface area contributed by atoms with Gasteiger partial charge in [-0.1, -0.05) is 24.3 Å². The van der Waals surface area contributed by atoms with E-state index in [-0.39, 0.29) is 30.8 Å². The Bertz CT molecular complexity index is 1280. The van der Waals surface area contributed by atoms with Crippen LogP contribution in [0.3, 0.4) is 0 Å². The predicted molar refractivity (Wildman–Crippen MR) is 124 cm³/mol. The van der Waals surface area contributed by atoms with E-state index in [1.807, 2.05) is 30.5 Å². The second kappa shape index (κ2) is 9.49. The molecule has 10 heteroatoms. The zero-order chi connectivity index (χ0) is 22.7. The number of aromatic nitrogens is 1. The molecule has 2 heterocycles.